The Balaban J connectivity index is 1.79. The SMILES string of the molecule is N=C/C(=C\NC1CC(CO)C1)c1cnc2ccc(I)cc2n1. The number of fused-ring (bicyclic) bond motifs is 1. The molecule has 0 spiro atoms. The summed E-state index contributed by atoms with van der Waals surface area (Å²) in [6, 6.07) is 6.31. The monoisotopic (exact) mass is 408 g/mol. The summed E-state index contributed by atoms with van der Waals surface area (Å²) in [5.41, 5.74) is 3.09. The van der Waals surface area contributed by atoms with Gasteiger partial charge in [0.25, 0.3) is 0 Å². The standard InChI is InChI=1S/C16H17IN4O/c17-12-1-2-14-15(5-12)21-16(8-20-14)11(6-18)7-19-13-3-10(4-13)9-22/h1-2,5-8,10,13,18-19,22H,3-4,9H2/b11-7+,18-6?. The summed E-state index contributed by atoms with van der Waals surface area (Å²) in [5.74, 6) is 0.414. The van der Waals surface area contributed by atoms with E-state index in [4.69, 9.17) is 10.5 Å². The Bertz CT molecular complexity index is 725. The number of aliphatic hydroxyl groups is 1. The first-order valence-electron chi connectivity index (χ1n) is 7.20. The number of hydrogen-bond donors (Lipinski definition) is 3. The maximum atomic E-state index is 9.03. The van der Waals surface area contributed by atoms with Crippen LogP contribution in [-0.2, 0) is 0 Å². The molecule has 6 heteroatoms. The van der Waals surface area contributed by atoms with Crippen LogP contribution in [0.25, 0.3) is 16.6 Å². The fourth-order valence-corrected chi connectivity index (χ4v) is 3.02. The molecule has 0 bridgehead atoms. The van der Waals surface area contributed by atoms with Crippen molar-refractivity contribution in [2.24, 2.45) is 5.92 Å². The molecular formula is C16H17IN4O. The van der Waals surface area contributed by atoms with Gasteiger partial charge in [-0.15, -0.1) is 0 Å². The molecule has 1 aliphatic rings. The zero-order chi connectivity index (χ0) is 15.5. The van der Waals surface area contributed by atoms with Crippen LogP contribution in [0.3, 0.4) is 0 Å². The van der Waals surface area contributed by atoms with E-state index in [-0.39, 0.29) is 6.61 Å². The van der Waals surface area contributed by atoms with Gasteiger partial charge in [0.2, 0.25) is 0 Å². The lowest BCUT2D eigenvalue weighted by Gasteiger charge is -2.34. The number of aliphatic hydroxyl groups excluding tert-OH is 1. The summed E-state index contributed by atoms with van der Waals surface area (Å²) in [5, 5.41) is 19.9. The van der Waals surface area contributed by atoms with Gasteiger partial charge in [0.15, 0.2) is 0 Å². The zero-order valence-corrected chi connectivity index (χ0v) is 14.1. The molecule has 0 amide bonds. The van der Waals surface area contributed by atoms with E-state index in [9.17, 15) is 0 Å². The maximum absolute atomic E-state index is 9.03. The summed E-state index contributed by atoms with van der Waals surface area (Å²) in [6.07, 6.45) is 6.76. The van der Waals surface area contributed by atoms with Gasteiger partial charge in [0.05, 0.1) is 22.9 Å². The molecule has 1 heterocycles. The van der Waals surface area contributed by atoms with Gasteiger partial charge < -0.3 is 15.8 Å². The molecule has 114 valence electrons. The average molecular weight is 408 g/mol. The maximum Gasteiger partial charge on any atom is 0.0922 e. The number of aromatic nitrogens is 2. The van der Waals surface area contributed by atoms with E-state index in [1.165, 1.54) is 6.21 Å². The number of nitrogens with one attached hydrogen (secondary N) is 2. The normalized spacial score (nSPS) is 21.5. The van der Waals surface area contributed by atoms with E-state index in [0.717, 1.165) is 27.4 Å². The molecule has 5 nitrogen and oxygen atoms in total. The van der Waals surface area contributed by atoms with E-state index in [1.807, 2.05) is 24.4 Å². The van der Waals surface area contributed by atoms with Crippen molar-refractivity contribution in [1.29, 1.82) is 5.41 Å². The Morgan fingerprint density at radius 2 is 2.23 bits per heavy atom. The van der Waals surface area contributed by atoms with Crippen LogP contribution < -0.4 is 5.32 Å². The molecule has 0 radical (unpaired) electrons. The Morgan fingerprint density at radius 3 is 2.95 bits per heavy atom. The highest BCUT2D eigenvalue weighted by atomic mass is 127. The van der Waals surface area contributed by atoms with E-state index in [0.29, 0.717) is 23.2 Å². The predicted molar refractivity (Wildman–Crippen MR) is 95.7 cm³/mol. The van der Waals surface area contributed by atoms with Crippen molar-refractivity contribution in [1.82, 2.24) is 15.3 Å². The second kappa shape index (κ2) is 6.70. The summed E-state index contributed by atoms with van der Waals surface area (Å²) >= 11 is 2.25. The van der Waals surface area contributed by atoms with Crippen molar-refractivity contribution < 1.29 is 5.11 Å². The highest BCUT2D eigenvalue weighted by Gasteiger charge is 2.27. The molecule has 1 saturated carbocycles. The lowest BCUT2D eigenvalue weighted by Crippen LogP contribution is -2.40. The largest absolute Gasteiger partial charge is 0.396 e. The van der Waals surface area contributed by atoms with Crippen LogP contribution in [0.4, 0.5) is 0 Å². The van der Waals surface area contributed by atoms with Gasteiger partial charge in [-0.3, -0.25) is 4.98 Å². The number of allylic oxidation sites excluding steroid dienone is 1. The quantitative estimate of drug-likeness (QED) is 0.525. The van der Waals surface area contributed by atoms with Gasteiger partial charge in [-0.1, -0.05) is 0 Å². The van der Waals surface area contributed by atoms with Gasteiger partial charge in [-0.25, -0.2) is 4.98 Å². The number of rotatable bonds is 5. The van der Waals surface area contributed by atoms with Crippen LogP contribution in [0.5, 0.6) is 0 Å². The fourth-order valence-electron chi connectivity index (χ4n) is 2.54. The van der Waals surface area contributed by atoms with Crippen LogP contribution in [0.15, 0.2) is 30.6 Å². The Morgan fingerprint density at radius 1 is 1.41 bits per heavy atom. The first-order chi connectivity index (χ1) is 10.7. The van der Waals surface area contributed by atoms with Crippen molar-refractivity contribution in [3.05, 3.63) is 39.9 Å². The first kappa shape index (κ1) is 15.4. The van der Waals surface area contributed by atoms with Crippen molar-refractivity contribution in [3.8, 4) is 0 Å². The molecule has 1 fully saturated rings. The number of hydrogen-bond acceptors (Lipinski definition) is 5. The molecule has 22 heavy (non-hydrogen) atoms. The van der Waals surface area contributed by atoms with Gasteiger partial charge in [0, 0.05) is 34.2 Å². The zero-order valence-electron chi connectivity index (χ0n) is 12.0. The van der Waals surface area contributed by atoms with Gasteiger partial charge in [0.1, 0.15) is 0 Å². The highest BCUT2D eigenvalue weighted by molar-refractivity contribution is 14.1. The topological polar surface area (TPSA) is 81.9 Å². The molecule has 0 unspecified atom stereocenters. The van der Waals surface area contributed by atoms with E-state index < -0.39 is 0 Å². The molecule has 0 saturated heterocycles. The second-order valence-corrected chi connectivity index (χ2v) is 6.76. The van der Waals surface area contributed by atoms with E-state index in [1.54, 1.807) is 6.20 Å². The molecule has 1 aromatic carbocycles. The Kier molecular flexibility index (Phi) is 4.68. The van der Waals surface area contributed by atoms with E-state index in [2.05, 4.69) is 37.9 Å². The van der Waals surface area contributed by atoms with Gasteiger partial charge in [-0.2, -0.15) is 0 Å². The summed E-state index contributed by atoms with van der Waals surface area (Å²) in [6.45, 7) is 0.258. The van der Waals surface area contributed by atoms with Crippen LogP contribution >= 0.6 is 22.6 Å². The molecule has 3 rings (SSSR count). The molecule has 1 aromatic heterocycles. The summed E-state index contributed by atoms with van der Waals surface area (Å²) in [4.78, 5) is 9.00. The minimum absolute atomic E-state index is 0.258. The van der Waals surface area contributed by atoms with Crippen molar-refractivity contribution in [3.63, 3.8) is 0 Å². The van der Waals surface area contributed by atoms with Crippen LogP contribution in [0.2, 0.25) is 0 Å². The fraction of sp³-hybridized carbons (Fsp3) is 0.312. The number of benzene rings is 1. The third-order valence-electron chi connectivity index (χ3n) is 3.92. The van der Waals surface area contributed by atoms with Gasteiger partial charge in [-0.05, 0) is 59.5 Å². The third kappa shape index (κ3) is 3.27. The molecular weight excluding hydrogens is 391 g/mol. The van der Waals surface area contributed by atoms with Crippen molar-refractivity contribution >= 4 is 45.4 Å². The summed E-state index contributed by atoms with van der Waals surface area (Å²) < 4.78 is 1.11. The van der Waals surface area contributed by atoms with Crippen LogP contribution in [0.1, 0.15) is 18.5 Å². The second-order valence-electron chi connectivity index (χ2n) is 5.52. The minimum Gasteiger partial charge on any atom is -0.396 e. The Hall–Kier alpha value is -1.54. The first-order valence-corrected chi connectivity index (χ1v) is 8.27. The molecule has 3 N–H and O–H groups in total. The molecule has 0 atom stereocenters. The Labute approximate surface area is 142 Å². The third-order valence-corrected chi connectivity index (χ3v) is 4.59. The summed E-state index contributed by atoms with van der Waals surface area (Å²) in [7, 11) is 0. The molecule has 2 aromatic rings. The van der Waals surface area contributed by atoms with E-state index >= 15 is 0 Å². The highest BCUT2D eigenvalue weighted by Crippen LogP contribution is 2.26. The van der Waals surface area contributed by atoms with Crippen LogP contribution in [-0.4, -0.2) is 33.9 Å². The van der Waals surface area contributed by atoms with Crippen molar-refractivity contribution in [2.45, 2.75) is 18.9 Å². The molecule has 0 aliphatic heterocycles. The lowest BCUT2D eigenvalue weighted by molar-refractivity contribution is 0.134. The number of nitrogens with zero attached hydrogens (tertiary/aromatic N) is 2. The lowest BCUT2D eigenvalue weighted by atomic mass is 9.81. The smallest absolute Gasteiger partial charge is 0.0922 e. The molecule has 1 aliphatic carbocycles. The predicted octanol–water partition coefficient (Wildman–Crippen LogP) is 2.59. The minimum atomic E-state index is 0.258. The van der Waals surface area contributed by atoms with Gasteiger partial charge >= 0.3 is 0 Å². The van der Waals surface area contributed by atoms with Crippen LogP contribution in [0, 0.1) is 14.9 Å². The van der Waals surface area contributed by atoms with Crippen molar-refractivity contribution in [2.75, 3.05) is 6.61 Å². The average Bonchev–Trinajstić information content (AvgIpc) is 2.49. The number of halogens is 1.